The number of ether oxygens (including phenoxy) is 2. The number of aliphatic imine (C=N–C) groups is 1. The summed E-state index contributed by atoms with van der Waals surface area (Å²) < 4.78 is 10.1. The highest BCUT2D eigenvalue weighted by molar-refractivity contribution is 8.00. The molecule has 0 spiro atoms. The molecule has 3 aliphatic rings. The number of rotatable bonds is 4. The number of thioether (sulfide) groups is 1. The molecule has 1 unspecified atom stereocenters. The Kier molecular flexibility index (Phi) is 5.36. The van der Waals surface area contributed by atoms with E-state index < -0.39 is 30.2 Å². The Morgan fingerprint density at radius 3 is 2.74 bits per heavy atom. The average Bonchev–Trinajstić information content (AvgIpc) is 3.11. The van der Waals surface area contributed by atoms with Crippen LogP contribution >= 0.6 is 11.8 Å². The van der Waals surface area contributed by atoms with Gasteiger partial charge >= 0.3 is 11.9 Å². The van der Waals surface area contributed by atoms with Crippen molar-refractivity contribution in [1.29, 1.82) is 0 Å². The summed E-state index contributed by atoms with van der Waals surface area (Å²) in [5, 5.41) is 5.97. The van der Waals surface area contributed by atoms with Gasteiger partial charge in [-0.2, -0.15) is 0 Å². The smallest absolute Gasteiger partial charge is 0.357 e. The molecule has 2 N–H and O–H groups in total. The van der Waals surface area contributed by atoms with Crippen LogP contribution < -0.4 is 10.6 Å². The van der Waals surface area contributed by atoms with Crippen molar-refractivity contribution in [2.24, 2.45) is 10.4 Å². The first-order valence-electron chi connectivity index (χ1n) is 8.74. The van der Waals surface area contributed by atoms with E-state index in [0.717, 1.165) is 12.1 Å². The third-order valence-corrected chi connectivity index (χ3v) is 5.74. The lowest BCUT2D eigenvalue weighted by atomic mass is 9.98. The molecule has 3 aliphatic heterocycles. The lowest BCUT2D eigenvalue weighted by Gasteiger charge is -2.49. The standard InChI is InChI=1S/C17H24N4O5S/c1-9-7-27-13-10(20-16-18-5-6-19-16)12(22)21(13)11(9)14(23)25-8-26-15(24)17(2,3)4/h10,13H,5-8H2,1-4H3,(H2,18,19,20)/t10?,13-/m0/s1. The molecule has 0 saturated carbocycles. The molecule has 3 heterocycles. The molecule has 0 aromatic heterocycles. The molecule has 1 saturated heterocycles. The molecule has 0 aromatic carbocycles. The lowest BCUT2D eigenvalue weighted by Crippen LogP contribution is -2.71. The van der Waals surface area contributed by atoms with E-state index in [1.54, 1.807) is 39.5 Å². The molecule has 0 radical (unpaired) electrons. The second-order valence-corrected chi connectivity index (χ2v) is 8.65. The van der Waals surface area contributed by atoms with Crippen LogP contribution in [0, 0.1) is 5.41 Å². The van der Waals surface area contributed by atoms with Crippen LogP contribution in [0.1, 0.15) is 27.7 Å². The molecule has 148 valence electrons. The zero-order chi connectivity index (χ0) is 19.8. The summed E-state index contributed by atoms with van der Waals surface area (Å²) in [7, 11) is 0. The van der Waals surface area contributed by atoms with Crippen LogP contribution in [-0.2, 0) is 23.9 Å². The number of nitrogens with zero attached hydrogens (tertiary/aromatic N) is 2. The first-order valence-corrected chi connectivity index (χ1v) is 9.78. The van der Waals surface area contributed by atoms with E-state index in [1.165, 1.54) is 4.90 Å². The van der Waals surface area contributed by atoms with Crippen LogP contribution in [0.5, 0.6) is 0 Å². The normalized spacial score (nSPS) is 24.5. The molecule has 0 aromatic rings. The fraction of sp³-hybridized carbons (Fsp3) is 0.647. The maximum atomic E-state index is 12.6. The van der Waals surface area contributed by atoms with Gasteiger partial charge in [0.25, 0.3) is 5.91 Å². The highest BCUT2D eigenvalue weighted by Crippen LogP contribution is 2.40. The van der Waals surface area contributed by atoms with Crippen molar-refractivity contribution in [1.82, 2.24) is 15.5 Å². The van der Waals surface area contributed by atoms with Gasteiger partial charge < -0.3 is 20.1 Å². The predicted octanol–water partition coefficient (Wildman–Crippen LogP) is 0.183. The Labute approximate surface area is 161 Å². The molecule has 10 heteroatoms. The van der Waals surface area contributed by atoms with Gasteiger partial charge in [0.1, 0.15) is 17.1 Å². The van der Waals surface area contributed by atoms with Gasteiger partial charge in [0.2, 0.25) is 6.79 Å². The number of carbonyl (C=O) groups is 3. The maximum Gasteiger partial charge on any atom is 0.357 e. The lowest BCUT2D eigenvalue weighted by molar-refractivity contribution is -0.173. The SMILES string of the molecule is CC1=C(C(=O)OCOC(=O)C(C)(C)C)N2C(=O)C(NC3=NCCN3)[C@@H]2SC1. The summed E-state index contributed by atoms with van der Waals surface area (Å²) in [6, 6.07) is -0.436. The van der Waals surface area contributed by atoms with Crippen molar-refractivity contribution >= 4 is 35.6 Å². The van der Waals surface area contributed by atoms with Crippen LogP contribution in [0.3, 0.4) is 0 Å². The third-order valence-electron chi connectivity index (χ3n) is 4.31. The summed E-state index contributed by atoms with van der Waals surface area (Å²) in [5.41, 5.74) is 0.304. The van der Waals surface area contributed by atoms with Crippen LogP contribution in [0.15, 0.2) is 16.3 Å². The molecule has 9 nitrogen and oxygen atoms in total. The largest absolute Gasteiger partial charge is 0.427 e. The van der Waals surface area contributed by atoms with E-state index in [1.807, 2.05) is 0 Å². The van der Waals surface area contributed by atoms with Crippen molar-refractivity contribution in [3.8, 4) is 0 Å². The first-order chi connectivity index (χ1) is 12.7. The number of esters is 2. The fourth-order valence-electron chi connectivity index (χ4n) is 2.83. The van der Waals surface area contributed by atoms with Crippen LogP contribution in [0.2, 0.25) is 0 Å². The van der Waals surface area contributed by atoms with Crippen LogP contribution in [0.4, 0.5) is 0 Å². The molecular formula is C17H24N4O5S. The van der Waals surface area contributed by atoms with Crippen molar-refractivity contribution < 1.29 is 23.9 Å². The molecule has 27 heavy (non-hydrogen) atoms. The van der Waals surface area contributed by atoms with E-state index in [-0.39, 0.29) is 17.0 Å². The quantitative estimate of drug-likeness (QED) is 0.394. The summed E-state index contributed by atoms with van der Waals surface area (Å²) >= 11 is 1.58. The molecule has 3 rings (SSSR count). The van der Waals surface area contributed by atoms with E-state index in [2.05, 4.69) is 15.6 Å². The summed E-state index contributed by atoms with van der Waals surface area (Å²) in [4.78, 5) is 42.5. The second-order valence-electron chi connectivity index (χ2n) is 7.55. The Balaban J connectivity index is 1.60. The first kappa shape index (κ1) is 19.5. The highest BCUT2D eigenvalue weighted by atomic mass is 32.2. The molecule has 0 bridgehead atoms. The Hall–Kier alpha value is -2.23. The van der Waals surface area contributed by atoms with Crippen molar-refractivity contribution in [2.45, 2.75) is 39.1 Å². The van der Waals surface area contributed by atoms with Crippen molar-refractivity contribution in [2.75, 3.05) is 25.6 Å². The minimum absolute atomic E-state index is 0.203. The number of hydrogen-bond acceptors (Lipinski definition) is 9. The number of fused-ring (bicyclic) bond motifs is 1. The molecule has 1 amide bonds. The van der Waals surface area contributed by atoms with Gasteiger partial charge in [-0.05, 0) is 33.3 Å². The van der Waals surface area contributed by atoms with Gasteiger partial charge in [-0.3, -0.25) is 19.5 Å². The number of hydrogen-bond donors (Lipinski definition) is 2. The Bertz CT molecular complexity index is 727. The zero-order valence-electron chi connectivity index (χ0n) is 15.8. The fourth-order valence-corrected chi connectivity index (χ4v) is 4.12. The molecular weight excluding hydrogens is 372 g/mol. The van der Waals surface area contributed by atoms with Gasteiger partial charge in [-0.15, -0.1) is 11.8 Å². The Morgan fingerprint density at radius 2 is 2.11 bits per heavy atom. The number of carbonyl (C=O) groups excluding carboxylic acids is 3. The second kappa shape index (κ2) is 7.41. The van der Waals surface area contributed by atoms with Crippen LogP contribution in [-0.4, -0.2) is 65.8 Å². The average molecular weight is 396 g/mol. The zero-order valence-corrected chi connectivity index (χ0v) is 16.6. The van der Waals surface area contributed by atoms with E-state index >= 15 is 0 Å². The maximum absolute atomic E-state index is 12.6. The summed E-state index contributed by atoms with van der Waals surface area (Å²) in [5.74, 6) is -0.117. The number of amides is 1. The van der Waals surface area contributed by atoms with Gasteiger partial charge in [-0.1, -0.05) is 0 Å². The third kappa shape index (κ3) is 3.90. The number of guanidine groups is 1. The minimum atomic E-state index is -0.683. The van der Waals surface area contributed by atoms with Gasteiger partial charge in [0.05, 0.1) is 12.0 Å². The highest BCUT2D eigenvalue weighted by Gasteiger charge is 2.53. The number of nitrogens with one attached hydrogen (secondary N) is 2. The van der Waals surface area contributed by atoms with Crippen molar-refractivity contribution in [3.63, 3.8) is 0 Å². The predicted molar refractivity (Wildman–Crippen MR) is 99.5 cm³/mol. The van der Waals surface area contributed by atoms with E-state index in [4.69, 9.17) is 9.47 Å². The Morgan fingerprint density at radius 1 is 1.37 bits per heavy atom. The summed E-state index contributed by atoms with van der Waals surface area (Å²) in [6.45, 7) is 7.86. The van der Waals surface area contributed by atoms with Gasteiger partial charge in [-0.25, -0.2) is 4.79 Å². The van der Waals surface area contributed by atoms with E-state index in [9.17, 15) is 14.4 Å². The molecule has 1 fully saturated rings. The monoisotopic (exact) mass is 396 g/mol. The minimum Gasteiger partial charge on any atom is -0.427 e. The number of β-lactam (4-membered cyclic amide) rings is 1. The topological polar surface area (TPSA) is 109 Å². The van der Waals surface area contributed by atoms with Gasteiger partial charge in [0, 0.05) is 12.3 Å². The summed E-state index contributed by atoms with van der Waals surface area (Å²) in [6.07, 6.45) is 0. The van der Waals surface area contributed by atoms with Crippen molar-refractivity contribution in [3.05, 3.63) is 11.3 Å². The van der Waals surface area contributed by atoms with E-state index in [0.29, 0.717) is 18.3 Å². The molecule has 2 atom stereocenters. The van der Waals surface area contributed by atoms with Crippen LogP contribution in [0.25, 0.3) is 0 Å². The molecule has 0 aliphatic carbocycles. The van der Waals surface area contributed by atoms with Gasteiger partial charge in [0.15, 0.2) is 5.96 Å².